The third-order valence-electron chi connectivity index (χ3n) is 1.82. The molecule has 4 N–H and O–H groups in total. The van der Waals surface area contributed by atoms with Gasteiger partial charge >= 0.3 is 0 Å². The summed E-state index contributed by atoms with van der Waals surface area (Å²) in [6, 6.07) is 1.72. The number of aromatic nitrogens is 2. The lowest BCUT2D eigenvalue weighted by Crippen LogP contribution is -2.44. The lowest BCUT2D eigenvalue weighted by atomic mass is 10.3. The van der Waals surface area contributed by atoms with Gasteiger partial charge < -0.3 is 5.73 Å². The molecule has 1 aromatic rings. The summed E-state index contributed by atoms with van der Waals surface area (Å²) in [5, 5.41) is 4.16. The van der Waals surface area contributed by atoms with E-state index in [1.54, 1.807) is 13.1 Å². The second kappa shape index (κ2) is 4.74. The van der Waals surface area contributed by atoms with Crippen molar-refractivity contribution in [3.63, 3.8) is 0 Å². The lowest BCUT2D eigenvalue weighted by Gasteiger charge is -2.05. The molecule has 1 amide bonds. The molecule has 7 heteroatoms. The van der Waals surface area contributed by atoms with Crippen molar-refractivity contribution in [3.05, 3.63) is 17.5 Å². The van der Waals surface area contributed by atoms with E-state index in [2.05, 4.69) is 28.2 Å². The van der Waals surface area contributed by atoms with Crippen LogP contribution in [0, 0.1) is 0 Å². The van der Waals surface area contributed by atoms with Crippen molar-refractivity contribution < 1.29 is 4.79 Å². The van der Waals surface area contributed by atoms with Crippen LogP contribution in [-0.2, 0) is 13.5 Å². The van der Waals surface area contributed by atoms with Gasteiger partial charge in [0.05, 0.1) is 5.69 Å². The van der Waals surface area contributed by atoms with E-state index in [0.29, 0.717) is 5.69 Å². The van der Waals surface area contributed by atoms with Crippen LogP contribution in [0.3, 0.4) is 0 Å². The minimum atomic E-state index is -0.322. The zero-order valence-corrected chi connectivity index (χ0v) is 9.39. The Morgan fingerprint density at radius 1 is 1.67 bits per heavy atom. The molecule has 0 spiro atoms. The minimum absolute atomic E-state index is 0.0150. The van der Waals surface area contributed by atoms with Crippen molar-refractivity contribution in [2.75, 3.05) is 0 Å². The van der Waals surface area contributed by atoms with Crippen LogP contribution >= 0.6 is 12.2 Å². The summed E-state index contributed by atoms with van der Waals surface area (Å²) in [6.07, 6.45) is 0.782. The first-order chi connectivity index (χ1) is 7.04. The first-order valence-electron chi connectivity index (χ1n) is 4.43. The van der Waals surface area contributed by atoms with Crippen LogP contribution in [0.4, 0.5) is 0 Å². The maximum absolute atomic E-state index is 11.5. The lowest BCUT2D eigenvalue weighted by molar-refractivity contribution is 0.0934. The van der Waals surface area contributed by atoms with Gasteiger partial charge in [-0.1, -0.05) is 6.92 Å². The molecule has 1 aromatic heterocycles. The maximum Gasteiger partial charge on any atom is 0.287 e. The number of nitrogens with one attached hydrogen (secondary N) is 2. The maximum atomic E-state index is 11.5. The van der Waals surface area contributed by atoms with Crippen molar-refractivity contribution in [3.8, 4) is 0 Å². The van der Waals surface area contributed by atoms with E-state index in [9.17, 15) is 4.79 Å². The summed E-state index contributed by atoms with van der Waals surface area (Å²) in [5.74, 6) is -0.322. The Hall–Kier alpha value is -1.63. The van der Waals surface area contributed by atoms with Gasteiger partial charge in [0.25, 0.3) is 5.91 Å². The van der Waals surface area contributed by atoms with Gasteiger partial charge in [0.15, 0.2) is 5.11 Å². The number of carbonyl (C=O) groups excluding carboxylic acids is 1. The van der Waals surface area contributed by atoms with Gasteiger partial charge in [-0.2, -0.15) is 5.10 Å². The van der Waals surface area contributed by atoms with Crippen molar-refractivity contribution in [1.82, 2.24) is 20.6 Å². The van der Waals surface area contributed by atoms with E-state index in [4.69, 9.17) is 5.73 Å². The molecule has 15 heavy (non-hydrogen) atoms. The fraction of sp³-hybridized carbons (Fsp3) is 0.375. The molecule has 0 bridgehead atoms. The molecule has 0 radical (unpaired) electrons. The van der Waals surface area contributed by atoms with Crippen LogP contribution in [-0.4, -0.2) is 20.8 Å². The standard InChI is InChI=1S/C8H13N5OS/c1-3-5-4-6(13(2)12-5)7(14)10-11-8(9)15/h4H,3H2,1-2H3,(H,10,14)(H3,9,11,15). The molecule has 6 nitrogen and oxygen atoms in total. The summed E-state index contributed by atoms with van der Waals surface area (Å²) < 4.78 is 1.51. The predicted molar refractivity (Wildman–Crippen MR) is 60.0 cm³/mol. The molecular formula is C8H13N5OS. The second-order valence-electron chi connectivity index (χ2n) is 2.94. The summed E-state index contributed by atoms with van der Waals surface area (Å²) >= 11 is 4.55. The van der Waals surface area contributed by atoms with Gasteiger partial charge in [0.1, 0.15) is 5.69 Å². The number of rotatable bonds is 2. The Balaban J connectivity index is 2.72. The number of nitrogens with zero attached hydrogens (tertiary/aromatic N) is 2. The molecular weight excluding hydrogens is 214 g/mol. The highest BCUT2D eigenvalue weighted by atomic mass is 32.1. The van der Waals surface area contributed by atoms with Crippen molar-refractivity contribution in [2.45, 2.75) is 13.3 Å². The predicted octanol–water partition coefficient (Wildman–Crippen LogP) is -0.539. The van der Waals surface area contributed by atoms with Crippen LogP contribution in [0.25, 0.3) is 0 Å². The number of carbonyl (C=O) groups is 1. The number of hydrazine groups is 1. The van der Waals surface area contributed by atoms with Gasteiger partial charge in [-0.3, -0.25) is 20.3 Å². The molecule has 0 aromatic carbocycles. The Morgan fingerprint density at radius 2 is 2.33 bits per heavy atom. The number of amides is 1. The molecule has 0 aliphatic heterocycles. The monoisotopic (exact) mass is 227 g/mol. The van der Waals surface area contributed by atoms with Crippen LogP contribution in [0.15, 0.2) is 6.07 Å². The molecule has 82 valence electrons. The normalized spacial score (nSPS) is 9.73. The number of hydrogen-bond donors (Lipinski definition) is 3. The second-order valence-corrected chi connectivity index (χ2v) is 3.38. The van der Waals surface area contributed by atoms with Gasteiger partial charge in [0.2, 0.25) is 0 Å². The molecule has 0 saturated carbocycles. The van der Waals surface area contributed by atoms with E-state index in [1.165, 1.54) is 4.68 Å². The smallest absolute Gasteiger partial charge is 0.287 e. The van der Waals surface area contributed by atoms with Crippen molar-refractivity contribution in [1.29, 1.82) is 0 Å². The first-order valence-corrected chi connectivity index (χ1v) is 4.84. The first kappa shape index (κ1) is 11.4. The third kappa shape index (κ3) is 2.91. The SMILES string of the molecule is CCc1cc(C(=O)NNC(N)=S)n(C)n1. The van der Waals surface area contributed by atoms with Crippen molar-refractivity contribution in [2.24, 2.45) is 12.8 Å². The van der Waals surface area contributed by atoms with E-state index in [1.807, 2.05) is 6.92 Å². The topological polar surface area (TPSA) is 85.0 Å². The zero-order valence-electron chi connectivity index (χ0n) is 8.57. The fourth-order valence-corrected chi connectivity index (χ4v) is 1.15. The quantitative estimate of drug-likeness (QED) is 0.467. The van der Waals surface area contributed by atoms with E-state index in [0.717, 1.165) is 12.1 Å². The zero-order chi connectivity index (χ0) is 11.4. The average molecular weight is 227 g/mol. The highest BCUT2D eigenvalue weighted by molar-refractivity contribution is 7.80. The number of nitrogens with two attached hydrogens (primary N) is 1. The van der Waals surface area contributed by atoms with E-state index >= 15 is 0 Å². The molecule has 0 saturated heterocycles. The molecule has 0 aliphatic carbocycles. The Labute approximate surface area is 92.8 Å². The molecule has 1 heterocycles. The molecule has 1 rings (SSSR count). The number of aryl methyl sites for hydroxylation is 2. The Bertz CT molecular complexity index is 386. The van der Waals surface area contributed by atoms with Gasteiger partial charge in [0, 0.05) is 7.05 Å². The number of hydrogen-bond acceptors (Lipinski definition) is 3. The Kier molecular flexibility index (Phi) is 3.62. The third-order valence-corrected chi connectivity index (χ3v) is 1.93. The van der Waals surface area contributed by atoms with Gasteiger partial charge in [-0.05, 0) is 24.7 Å². The molecule has 0 aliphatic rings. The van der Waals surface area contributed by atoms with Crippen LogP contribution < -0.4 is 16.6 Å². The highest BCUT2D eigenvalue weighted by Gasteiger charge is 2.11. The highest BCUT2D eigenvalue weighted by Crippen LogP contribution is 2.02. The molecule has 0 atom stereocenters. The summed E-state index contributed by atoms with van der Waals surface area (Å²) in [6.45, 7) is 1.97. The summed E-state index contributed by atoms with van der Waals surface area (Å²) in [5.41, 5.74) is 11.2. The molecule has 0 unspecified atom stereocenters. The van der Waals surface area contributed by atoms with Crippen molar-refractivity contribution >= 4 is 23.2 Å². The molecule has 0 fully saturated rings. The minimum Gasteiger partial charge on any atom is -0.375 e. The van der Waals surface area contributed by atoms with E-state index < -0.39 is 0 Å². The summed E-state index contributed by atoms with van der Waals surface area (Å²) in [7, 11) is 1.70. The fourth-order valence-electron chi connectivity index (χ4n) is 1.09. The Morgan fingerprint density at radius 3 is 2.80 bits per heavy atom. The summed E-state index contributed by atoms with van der Waals surface area (Å²) in [4.78, 5) is 11.5. The van der Waals surface area contributed by atoms with Gasteiger partial charge in [-0.25, -0.2) is 0 Å². The van der Waals surface area contributed by atoms with Gasteiger partial charge in [-0.15, -0.1) is 0 Å². The average Bonchev–Trinajstić information content (AvgIpc) is 2.56. The van der Waals surface area contributed by atoms with Crippen LogP contribution in [0.1, 0.15) is 23.1 Å². The van der Waals surface area contributed by atoms with E-state index in [-0.39, 0.29) is 11.0 Å². The largest absolute Gasteiger partial charge is 0.375 e. The number of thiocarbonyl (C=S) groups is 1. The van der Waals surface area contributed by atoms with Crippen LogP contribution in [0.5, 0.6) is 0 Å². The van der Waals surface area contributed by atoms with Crippen LogP contribution in [0.2, 0.25) is 0 Å².